The number of nitrogens with one attached hydrogen (secondary N) is 1. The highest BCUT2D eigenvalue weighted by atomic mass is 19.1. The van der Waals surface area contributed by atoms with Crippen LogP contribution in [0.4, 0.5) is 4.39 Å². The van der Waals surface area contributed by atoms with E-state index in [9.17, 15) is 14.3 Å². The first-order valence-corrected chi connectivity index (χ1v) is 6.26. The van der Waals surface area contributed by atoms with Gasteiger partial charge in [-0.05, 0) is 37.5 Å². The highest BCUT2D eigenvalue weighted by Crippen LogP contribution is 2.29. The second-order valence-corrected chi connectivity index (χ2v) is 5.01. The van der Waals surface area contributed by atoms with Crippen LogP contribution in [-0.4, -0.2) is 23.2 Å². The molecule has 2 rings (SSSR count). The van der Waals surface area contributed by atoms with Gasteiger partial charge in [0, 0.05) is 5.56 Å². The van der Waals surface area contributed by atoms with Crippen molar-refractivity contribution >= 4 is 5.91 Å². The third-order valence-corrected chi connectivity index (χ3v) is 3.75. The van der Waals surface area contributed by atoms with Gasteiger partial charge in [0.05, 0.1) is 12.1 Å². The predicted molar refractivity (Wildman–Crippen MR) is 66.9 cm³/mol. The van der Waals surface area contributed by atoms with Crippen LogP contribution in [0.3, 0.4) is 0 Å². The van der Waals surface area contributed by atoms with E-state index in [4.69, 9.17) is 0 Å². The van der Waals surface area contributed by atoms with E-state index in [0.717, 1.165) is 25.7 Å². The third kappa shape index (κ3) is 2.38. The molecule has 3 nitrogen and oxygen atoms in total. The Morgan fingerprint density at radius 2 is 2.11 bits per heavy atom. The number of aliphatic hydroxyl groups excluding tert-OH is 1. The minimum atomic E-state index is -0.518. The van der Waals surface area contributed by atoms with E-state index in [0.29, 0.717) is 11.1 Å². The van der Waals surface area contributed by atoms with Gasteiger partial charge in [0.15, 0.2) is 0 Å². The lowest BCUT2D eigenvalue weighted by Gasteiger charge is -2.28. The lowest BCUT2D eigenvalue weighted by atomic mass is 9.97. The fraction of sp³-hybridized carbons (Fsp3) is 0.500. The molecule has 0 aromatic heterocycles. The van der Waals surface area contributed by atoms with Gasteiger partial charge in [-0.15, -0.1) is 0 Å². The zero-order valence-electron chi connectivity index (χ0n) is 10.5. The van der Waals surface area contributed by atoms with Crippen molar-refractivity contribution in [3.8, 4) is 0 Å². The molecule has 1 aliphatic rings. The number of benzene rings is 1. The summed E-state index contributed by atoms with van der Waals surface area (Å²) in [6.45, 7) is 1.53. The maximum absolute atomic E-state index is 13.4. The SMILES string of the molecule is Cc1c(F)cccc1C(=O)NC1(CO)CCCC1. The number of halogens is 1. The van der Waals surface area contributed by atoms with E-state index in [1.807, 2.05) is 0 Å². The molecule has 1 aromatic rings. The summed E-state index contributed by atoms with van der Waals surface area (Å²) in [5.41, 5.74) is 0.173. The van der Waals surface area contributed by atoms with E-state index in [1.54, 1.807) is 13.0 Å². The van der Waals surface area contributed by atoms with Crippen molar-refractivity contribution < 1.29 is 14.3 Å². The van der Waals surface area contributed by atoms with Crippen molar-refractivity contribution in [2.45, 2.75) is 38.1 Å². The molecular formula is C14H18FNO2. The summed E-state index contributed by atoms with van der Waals surface area (Å²) in [6.07, 6.45) is 3.57. The van der Waals surface area contributed by atoms with Crippen molar-refractivity contribution in [2.24, 2.45) is 0 Å². The fourth-order valence-electron chi connectivity index (χ4n) is 2.54. The standard InChI is InChI=1S/C14H18FNO2/c1-10-11(5-4-6-12(10)15)13(18)16-14(9-17)7-2-3-8-14/h4-6,17H,2-3,7-9H2,1H3,(H,16,18). The van der Waals surface area contributed by atoms with Crippen molar-refractivity contribution in [3.63, 3.8) is 0 Å². The van der Waals surface area contributed by atoms with Gasteiger partial charge in [-0.25, -0.2) is 4.39 Å². The van der Waals surface area contributed by atoms with E-state index >= 15 is 0 Å². The maximum Gasteiger partial charge on any atom is 0.252 e. The minimum absolute atomic E-state index is 0.0624. The summed E-state index contributed by atoms with van der Waals surface area (Å²) in [4.78, 5) is 12.1. The summed E-state index contributed by atoms with van der Waals surface area (Å²) in [6, 6.07) is 4.47. The Hall–Kier alpha value is -1.42. The monoisotopic (exact) mass is 251 g/mol. The molecule has 98 valence electrons. The molecule has 4 heteroatoms. The summed E-state index contributed by atoms with van der Waals surface area (Å²) in [7, 11) is 0. The molecule has 0 unspecified atom stereocenters. The molecule has 1 aliphatic carbocycles. The first kappa shape index (κ1) is 13.0. The summed E-state index contributed by atoms with van der Waals surface area (Å²) in [5.74, 6) is -0.685. The zero-order chi connectivity index (χ0) is 13.2. The Kier molecular flexibility index (Phi) is 3.66. The minimum Gasteiger partial charge on any atom is -0.394 e. The molecule has 0 heterocycles. The van der Waals surface area contributed by atoms with Crippen LogP contribution in [0.15, 0.2) is 18.2 Å². The second-order valence-electron chi connectivity index (χ2n) is 5.01. The molecule has 1 fully saturated rings. The number of carbonyl (C=O) groups excluding carboxylic acids is 1. The van der Waals surface area contributed by atoms with E-state index in [1.165, 1.54) is 12.1 Å². The molecule has 2 N–H and O–H groups in total. The largest absolute Gasteiger partial charge is 0.394 e. The number of carbonyl (C=O) groups is 1. The van der Waals surface area contributed by atoms with Crippen LogP contribution >= 0.6 is 0 Å². The maximum atomic E-state index is 13.4. The Balaban J connectivity index is 2.19. The van der Waals surface area contributed by atoms with Gasteiger partial charge in [-0.2, -0.15) is 0 Å². The number of amides is 1. The molecular weight excluding hydrogens is 233 g/mol. The van der Waals surface area contributed by atoms with E-state index in [-0.39, 0.29) is 18.3 Å². The molecule has 1 aromatic carbocycles. The van der Waals surface area contributed by atoms with Crippen molar-refractivity contribution in [2.75, 3.05) is 6.61 Å². The van der Waals surface area contributed by atoms with Gasteiger partial charge in [0.1, 0.15) is 5.82 Å². The summed E-state index contributed by atoms with van der Waals surface area (Å²) in [5, 5.41) is 12.3. The summed E-state index contributed by atoms with van der Waals surface area (Å²) < 4.78 is 13.4. The molecule has 0 bridgehead atoms. The molecule has 0 spiro atoms. The van der Waals surface area contributed by atoms with Crippen molar-refractivity contribution in [3.05, 3.63) is 35.1 Å². The topological polar surface area (TPSA) is 49.3 Å². The molecule has 1 amide bonds. The smallest absolute Gasteiger partial charge is 0.252 e. The third-order valence-electron chi connectivity index (χ3n) is 3.75. The highest BCUT2D eigenvalue weighted by molar-refractivity contribution is 5.96. The van der Waals surface area contributed by atoms with E-state index < -0.39 is 5.54 Å². The van der Waals surface area contributed by atoms with Gasteiger partial charge in [-0.1, -0.05) is 18.9 Å². The lowest BCUT2D eigenvalue weighted by Crippen LogP contribution is -2.49. The highest BCUT2D eigenvalue weighted by Gasteiger charge is 2.35. The number of rotatable bonds is 3. The molecule has 0 aliphatic heterocycles. The Bertz CT molecular complexity index is 453. The molecule has 0 saturated heterocycles. The normalized spacial score (nSPS) is 17.7. The Labute approximate surface area is 106 Å². The van der Waals surface area contributed by atoms with Crippen LogP contribution in [0, 0.1) is 12.7 Å². The van der Waals surface area contributed by atoms with Gasteiger partial charge in [0.25, 0.3) is 5.91 Å². The van der Waals surface area contributed by atoms with Gasteiger partial charge < -0.3 is 10.4 Å². The Morgan fingerprint density at radius 1 is 1.44 bits per heavy atom. The molecule has 0 atom stereocenters. The quantitative estimate of drug-likeness (QED) is 0.865. The fourth-order valence-corrected chi connectivity index (χ4v) is 2.54. The molecule has 1 saturated carbocycles. The van der Waals surface area contributed by atoms with Gasteiger partial charge >= 0.3 is 0 Å². The number of aliphatic hydroxyl groups is 1. The van der Waals surface area contributed by atoms with Crippen LogP contribution in [0.5, 0.6) is 0 Å². The number of hydrogen-bond donors (Lipinski definition) is 2. The zero-order valence-corrected chi connectivity index (χ0v) is 10.5. The van der Waals surface area contributed by atoms with Gasteiger partial charge in [0.2, 0.25) is 0 Å². The van der Waals surface area contributed by atoms with Crippen LogP contribution in [0.1, 0.15) is 41.6 Å². The van der Waals surface area contributed by atoms with Crippen LogP contribution in [0.25, 0.3) is 0 Å². The Morgan fingerprint density at radius 3 is 2.72 bits per heavy atom. The second kappa shape index (κ2) is 5.06. The van der Waals surface area contributed by atoms with E-state index in [2.05, 4.69) is 5.32 Å². The van der Waals surface area contributed by atoms with Crippen molar-refractivity contribution in [1.82, 2.24) is 5.32 Å². The molecule has 0 radical (unpaired) electrons. The number of hydrogen-bond acceptors (Lipinski definition) is 2. The van der Waals surface area contributed by atoms with Gasteiger partial charge in [-0.3, -0.25) is 4.79 Å². The first-order valence-electron chi connectivity index (χ1n) is 6.26. The predicted octanol–water partition coefficient (Wildman–Crippen LogP) is 2.17. The average Bonchev–Trinajstić information content (AvgIpc) is 2.81. The van der Waals surface area contributed by atoms with Crippen molar-refractivity contribution in [1.29, 1.82) is 0 Å². The average molecular weight is 251 g/mol. The van der Waals surface area contributed by atoms with Crippen LogP contribution in [0.2, 0.25) is 0 Å². The molecule has 18 heavy (non-hydrogen) atoms. The first-order chi connectivity index (χ1) is 8.58. The lowest BCUT2D eigenvalue weighted by molar-refractivity contribution is 0.0837. The van der Waals surface area contributed by atoms with Crippen LogP contribution in [-0.2, 0) is 0 Å². The summed E-state index contributed by atoms with van der Waals surface area (Å²) >= 11 is 0. The van der Waals surface area contributed by atoms with Crippen LogP contribution < -0.4 is 5.32 Å².